The highest BCUT2D eigenvalue weighted by molar-refractivity contribution is 7.15. The van der Waals surface area contributed by atoms with Crippen LogP contribution < -0.4 is 16.4 Å². The maximum atomic E-state index is 14.3. The van der Waals surface area contributed by atoms with Crippen molar-refractivity contribution in [1.82, 2.24) is 15.2 Å². The van der Waals surface area contributed by atoms with Crippen molar-refractivity contribution in [2.24, 2.45) is 34.8 Å². The van der Waals surface area contributed by atoms with Gasteiger partial charge in [-0.3, -0.25) is 19.2 Å². The first kappa shape index (κ1) is 28.1. The summed E-state index contributed by atoms with van der Waals surface area (Å²) in [6, 6.07) is -2.06. The minimum atomic E-state index is -1.03. The Bertz CT molecular complexity index is 1120. The van der Waals surface area contributed by atoms with Crippen LogP contribution in [0.15, 0.2) is 0 Å². The van der Waals surface area contributed by atoms with E-state index in [0.717, 1.165) is 60.6 Å². The summed E-state index contributed by atoms with van der Waals surface area (Å²) in [5.41, 5.74) is 6.24. The van der Waals surface area contributed by atoms with Crippen molar-refractivity contribution < 1.29 is 19.2 Å². The number of nitrogens with two attached hydrogens (primary N) is 1. The maximum absolute atomic E-state index is 14.3. The van der Waals surface area contributed by atoms with Crippen molar-refractivity contribution >= 4 is 40.0 Å². The topological polar surface area (TPSA) is 134 Å². The number of primary amides is 1. The van der Waals surface area contributed by atoms with E-state index >= 15 is 0 Å². The van der Waals surface area contributed by atoms with Gasteiger partial charge in [-0.25, -0.2) is 4.98 Å². The van der Waals surface area contributed by atoms with E-state index in [0.29, 0.717) is 18.9 Å². The van der Waals surface area contributed by atoms with Crippen LogP contribution in [0.2, 0.25) is 0 Å². The Labute approximate surface area is 235 Å². The Kier molecular flexibility index (Phi) is 7.79. The standard InChI is InChI=1S/C29H43N5O4S/c1-15-16(2)39-28(31-15)33-22(18-11-6-5-7-12-18)27(38)34-14-19-21(29(19,3)4)23(34)26(37)32-20(24(35)25(30)36)13-17-9-8-10-17/h17-23H,5-14H2,1-4H3,(H2,30,36)(H,31,33)(H,32,37)/t19-,20?,21?,22+,23?/m1/s1. The van der Waals surface area contributed by atoms with E-state index in [1.165, 1.54) is 6.42 Å². The number of hydrogen-bond donors (Lipinski definition) is 3. The van der Waals surface area contributed by atoms with Crippen LogP contribution in [0.25, 0.3) is 0 Å². The van der Waals surface area contributed by atoms with Crippen LogP contribution in [-0.4, -0.2) is 58.1 Å². The van der Waals surface area contributed by atoms with Crippen LogP contribution in [-0.2, 0) is 19.2 Å². The molecule has 1 aromatic heterocycles. The van der Waals surface area contributed by atoms with Crippen LogP contribution in [0.1, 0.15) is 82.2 Å². The molecule has 3 unspecified atom stereocenters. The molecule has 1 saturated heterocycles. The van der Waals surface area contributed by atoms with Gasteiger partial charge in [0.1, 0.15) is 12.1 Å². The van der Waals surface area contributed by atoms with Crippen molar-refractivity contribution in [3.05, 3.63) is 10.6 Å². The average molecular weight is 558 g/mol. The second kappa shape index (κ2) is 10.8. The minimum absolute atomic E-state index is 0.0193. The molecule has 39 heavy (non-hydrogen) atoms. The molecule has 1 aliphatic heterocycles. The van der Waals surface area contributed by atoms with Gasteiger partial charge in [0, 0.05) is 11.4 Å². The molecule has 5 atom stereocenters. The number of piperidine rings is 1. The van der Waals surface area contributed by atoms with Crippen molar-refractivity contribution in [3.8, 4) is 0 Å². The third-order valence-corrected chi connectivity index (χ3v) is 11.1. The number of nitrogens with one attached hydrogen (secondary N) is 2. The summed E-state index contributed by atoms with van der Waals surface area (Å²) in [4.78, 5) is 60.2. The molecule has 2 heterocycles. The second-order valence-electron chi connectivity index (χ2n) is 12.9. The number of carbonyl (C=O) groups excluding carboxylic acids is 4. The normalized spacial score (nSPS) is 27.7. The van der Waals surface area contributed by atoms with Gasteiger partial charge in [0.2, 0.25) is 17.6 Å². The van der Waals surface area contributed by atoms with Crippen molar-refractivity contribution in [3.63, 3.8) is 0 Å². The van der Waals surface area contributed by atoms with Crippen molar-refractivity contribution in [2.75, 3.05) is 11.9 Å². The van der Waals surface area contributed by atoms with Crippen molar-refractivity contribution in [1.29, 1.82) is 0 Å². The molecule has 1 aromatic rings. The van der Waals surface area contributed by atoms with Crippen LogP contribution in [0.5, 0.6) is 0 Å². The van der Waals surface area contributed by atoms with E-state index in [1.54, 1.807) is 16.2 Å². The smallest absolute Gasteiger partial charge is 0.287 e. The van der Waals surface area contributed by atoms with Gasteiger partial charge in [0.15, 0.2) is 5.13 Å². The highest BCUT2D eigenvalue weighted by Crippen LogP contribution is 2.65. The largest absolute Gasteiger partial charge is 0.363 e. The quantitative estimate of drug-likeness (QED) is 0.378. The molecule has 3 amide bonds. The molecule has 3 aliphatic carbocycles. The van der Waals surface area contributed by atoms with Gasteiger partial charge in [-0.2, -0.15) is 0 Å². The number of aromatic nitrogens is 1. The lowest BCUT2D eigenvalue weighted by atomic mass is 9.80. The zero-order valence-corrected chi connectivity index (χ0v) is 24.4. The predicted molar refractivity (Wildman–Crippen MR) is 150 cm³/mol. The SMILES string of the molecule is Cc1nc(N[C@H](C(=O)N2C[C@@H]3C(C2C(=O)NC(CC2CCC2)C(=O)C(N)=O)C3(C)C)C2CCCCC2)sc1C. The first-order chi connectivity index (χ1) is 18.5. The monoisotopic (exact) mass is 557 g/mol. The van der Waals surface area contributed by atoms with Crippen LogP contribution >= 0.6 is 11.3 Å². The number of rotatable bonds is 10. The zero-order chi connectivity index (χ0) is 28.1. The third-order valence-electron chi connectivity index (χ3n) is 10.1. The van der Waals surface area contributed by atoms with Gasteiger partial charge >= 0.3 is 0 Å². The maximum Gasteiger partial charge on any atom is 0.287 e. The number of thiazole rings is 1. The summed E-state index contributed by atoms with van der Waals surface area (Å²) in [5.74, 6) is -1.47. The zero-order valence-electron chi connectivity index (χ0n) is 23.6. The molecule has 3 saturated carbocycles. The van der Waals surface area contributed by atoms with E-state index in [1.807, 2.05) is 13.8 Å². The third kappa shape index (κ3) is 5.45. The molecule has 10 heteroatoms. The average Bonchev–Trinajstić information content (AvgIpc) is 3.18. The Balaban J connectivity index is 1.39. The van der Waals surface area contributed by atoms with Crippen LogP contribution in [0, 0.1) is 42.9 Å². The molecule has 5 rings (SSSR count). The van der Waals surface area contributed by atoms with E-state index in [4.69, 9.17) is 5.73 Å². The lowest BCUT2D eigenvalue weighted by molar-refractivity contribution is -0.144. The highest BCUT2D eigenvalue weighted by atomic mass is 32.1. The van der Waals surface area contributed by atoms with Gasteiger partial charge in [-0.15, -0.1) is 11.3 Å². The molecule has 0 bridgehead atoms. The summed E-state index contributed by atoms with van der Waals surface area (Å²) in [5, 5.41) is 7.11. The minimum Gasteiger partial charge on any atom is -0.363 e. The van der Waals surface area contributed by atoms with Gasteiger partial charge in [-0.05, 0) is 62.2 Å². The van der Waals surface area contributed by atoms with E-state index < -0.39 is 29.8 Å². The number of carbonyl (C=O) groups is 4. The molecule has 4 N–H and O–H groups in total. The van der Waals surface area contributed by atoms with Crippen LogP contribution in [0.3, 0.4) is 0 Å². The molecular formula is C29H43N5O4S. The van der Waals surface area contributed by atoms with Gasteiger partial charge in [0.25, 0.3) is 5.91 Å². The number of fused-ring (bicyclic) bond motifs is 1. The Hall–Kier alpha value is -2.49. The predicted octanol–water partition coefficient (Wildman–Crippen LogP) is 3.33. The summed E-state index contributed by atoms with van der Waals surface area (Å²) in [6.07, 6.45) is 8.75. The first-order valence-corrected chi connectivity index (χ1v) is 15.5. The fourth-order valence-corrected chi connectivity index (χ4v) is 8.08. The summed E-state index contributed by atoms with van der Waals surface area (Å²) in [6.45, 7) is 8.80. The summed E-state index contributed by atoms with van der Waals surface area (Å²) < 4.78 is 0. The molecule has 9 nitrogen and oxygen atoms in total. The van der Waals surface area contributed by atoms with Crippen molar-refractivity contribution in [2.45, 2.75) is 104 Å². The number of hydrogen-bond acceptors (Lipinski definition) is 7. The number of anilines is 1. The summed E-state index contributed by atoms with van der Waals surface area (Å²) >= 11 is 1.56. The van der Waals surface area contributed by atoms with Crippen LogP contribution in [0.4, 0.5) is 5.13 Å². The lowest BCUT2D eigenvalue weighted by Gasteiger charge is -2.37. The molecule has 4 fully saturated rings. The number of Topliss-reactive ketones (excluding diaryl/α,β-unsaturated/α-hetero) is 1. The molecular weight excluding hydrogens is 514 g/mol. The molecule has 0 radical (unpaired) electrons. The Morgan fingerprint density at radius 1 is 1.08 bits per heavy atom. The first-order valence-electron chi connectivity index (χ1n) is 14.6. The lowest BCUT2D eigenvalue weighted by Crippen LogP contribution is -2.58. The van der Waals surface area contributed by atoms with Gasteiger partial charge < -0.3 is 21.3 Å². The fraction of sp³-hybridized carbons (Fsp3) is 0.759. The molecule has 214 valence electrons. The Morgan fingerprint density at radius 3 is 2.33 bits per heavy atom. The highest BCUT2D eigenvalue weighted by Gasteiger charge is 2.69. The number of likely N-dealkylation sites (tertiary alicyclic amines) is 1. The van der Waals surface area contributed by atoms with Gasteiger partial charge in [0.05, 0.1) is 11.7 Å². The summed E-state index contributed by atoms with van der Waals surface area (Å²) in [7, 11) is 0. The number of aryl methyl sites for hydroxylation is 2. The number of nitrogens with zero attached hydrogens (tertiary/aromatic N) is 2. The molecule has 0 aromatic carbocycles. The fourth-order valence-electron chi connectivity index (χ4n) is 7.23. The Morgan fingerprint density at radius 2 is 1.77 bits per heavy atom. The second-order valence-corrected chi connectivity index (χ2v) is 14.1. The van der Waals surface area contributed by atoms with E-state index in [-0.39, 0.29) is 35.0 Å². The van der Waals surface area contributed by atoms with E-state index in [9.17, 15) is 19.2 Å². The number of ketones is 1. The molecule has 4 aliphatic rings. The van der Waals surface area contributed by atoms with Gasteiger partial charge in [-0.1, -0.05) is 52.4 Å². The molecule has 0 spiro atoms. The van der Waals surface area contributed by atoms with E-state index in [2.05, 4.69) is 29.5 Å². The number of amides is 3.